The minimum atomic E-state index is -1.57. The largest absolute Gasteiger partial charge is 0.492 e. The molecule has 1 saturated heterocycles. The van der Waals surface area contributed by atoms with Crippen LogP contribution in [0, 0.1) is 5.92 Å². The number of nitrogens with one attached hydrogen (secondary N) is 1. The van der Waals surface area contributed by atoms with Gasteiger partial charge in [-0.1, -0.05) is 6.07 Å². The Hall–Kier alpha value is -2.29. The van der Waals surface area contributed by atoms with Crippen molar-refractivity contribution < 1.29 is 18.5 Å². The molecule has 0 aliphatic carbocycles. The molecule has 0 saturated carbocycles. The second-order valence-electron chi connectivity index (χ2n) is 7.75. The van der Waals surface area contributed by atoms with Gasteiger partial charge in [-0.15, -0.1) is 0 Å². The Morgan fingerprint density at radius 2 is 2.22 bits per heavy atom. The normalized spacial score (nSPS) is 22.3. The quantitative estimate of drug-likeness (QED) is 0.819. The molecule has 2 aliphatic heterocycles. The van der Waals surface area contributed by atoms with Crippen molar-refractivity contribution in [3.05, 3.63) is 23.8 Å². The number of amides is 1. The molecule has 1 aromatic carbocycles. The molecule has 1 aromatic rings. The number of hydrogen-bond acceptors (Lipinski definition) is 5. The summed E-state index contributed by atoms with van der Waals surface area (Å²) >= 11 is -1.57. The molecule has 27 heavy (non-hydrogen) atoms. The first-order valence-corrected chi connectivity index (χ1v) is 10.1. The van der Waals surface area contributed by atoms with Crippen LogP contribution in [0.15, 0.2) is 22.6 Å². The summed E-state index contributed by atoms with van der Waals surface area (Å²) in [6.07, 6.45) is 1.59. The molecule has 9 heteroatoms. The lowest BCUT2D eigenvalue weighted by Gasteiger charge is -2.34. The highest BCUT2D eigenvalue weighted by molar-refractivity contribution is 7.85. The molecule has 0 aromatic heterocycles. The van der Waals surface area contributed by atoms with Crippen molar-refractivity contribution in [2.24, 2.45) is 16.0 Å². The average Bonchev–Trinajstić information content (AvgIpc) is 2.58. The average molecular weight is 394 g/mol. The molecule has 2 heterocycles. The van der Waals surface area contributed by atoms with Gasteiger partial charge in [0.2, 0.25) is 11.2 Å². The van der Waals surface area contributed by atoms with Crippen LogP contribution in [-0.2, 0) is 15.9 Å². The van der Waals surface area contributed by atoms with Crippen molar-refractivity contribution in [1.29, 1.82) is 0 Å². The van der Waals surface area contributed by atoms with Crippen LogP contribution in [0.4, 0.5) is 10.5 Å². The Kier molecular flexibility index (Phi) is 5.59. The predicted molar refractivity (Wildman–Crippen MR) is 105 cm³/mol. The Balaban J connectivity index is 1.63. The molecule has 2 aliphatic rings. The number of amidine groups is 1. The van der Waals surface area contributed by atoms with E-state index in [0.717, 1.165) is 12.8 Å². The summed E-state index contributed by atoms with van der Waals surface area (Å²) in [6.45, 7) is 7.33. The fraction of sp³-hybridized carbons (Fsp3) is 0.556. The standard InChI is InChI=1S/C18H26N4O4S/c1-18(2,3)26-17(23)22-9-5-6-12(10-22)11-25-14-8-4-7-13-15(14)16(19)21-27(24)20-13/h4,7-8,12,20H,5-6,9-11H2,1-3H3,(H2,19,21). The third-order valence-electron chi connectivity index (χ3n) is 4.31. The Morgan fingerprint density at radius 3 is 2.96 bits per heavy atom. The van der Waals surface area contributed by atoms with Crippen molar-refractivity contribution >= 4 is 28.8 Å². The van der Waals surface area contributed by atoms with Gasteiger partial charge in [-0.3, -0.25) is 4.72 Å². The fourth-order valence-corrected chi connectivity index (χ4v) is 3.83. The zero-order valence-electron chi connectivity index (χ0n) is 15.9. The van der Waals surface area contributed by atoms with E-state index in [0.29, 0.717) is 36.7 Å². The first-order chi connectivity index (χ1) is 12.7. The molecule has 1 fully saturated rings. The van der Waals surface area contributed by atoms with Gasteiger partial charge >= 0.3 is 6.09 Å². The van der Waals surface area contributed by atoms with Crippen LogP contribution in [0.2, 0.25) is 0 Å². The van der Waals surface area contributed by atoms with Gasteiger partial charge < -0.3 is 20.1 Å². The van der Waals surface area contributed by atoms with Crippen LogP contribution in [-0.4, -0.2) is 46.3 Å². The summed E-state index contributed by atoms with van der Waals surface area (Å²) in [5.41, 5.74) is 6.69. The van der Waals surface area contributed by atoms with E-state index < -0.39 is 16.8 Å². The SMILES string of the molecule is CC(C)(C)OC(=O)N1CCCC(COc2cccc3c2C(N)=NS(=O)N3)C1. The lowest BCUT2D eigenvalue weighted by atomic mass is 9.99. The monoisotopic (exact) mass is 394 g/mol. The van der Waals surface area contributed by atoms with E-state index in [9.17, 15) is 9.00 Å². The minimum Gasteiger partial charge on any atom is -0.492 e. The Bertz CT molecular complexity index is 775. The molecule has 3 N–H and O–H groups in total. The van der Waals surface area contributed by atoms with Crippen LogP contribution >= 0.6 is 0 Å². The Morgan fingerprint density at radius 1 is 1.44 bits per heavy atom. The third kappa shape index (κ3) is 4.91. The maximum atomic E-state index is 12.3. The summed E-state index contributed by atoms with van der Waals surface area (Å²) in [5.74, 6) is 0.981. The minimum absolute atomic E-state index is 0.191. The van der Waals surface area contributed by atoms with Crippen LogP contribution in [0.5, 0.6) is 5.75 Å². The second-order valence-corrected chi connectivity index (χ2v) is 8.64. The molecule has 148 valence electrons. The van der Waals surface area contributed by atoms with E-state index in [4.69, 9.17) is 15.2 Å². The molecule has 0 radical (unpaired) electrons. The number of carbonyl (C=O) groups is 1. The van der Waals surface area contributed by atoms with Gasteiger partial charge in [0.1, 0.15) is 17.2 Å². The molecule has 2 atom stereocenters. The van der Waals surface area contributed by atoms with Gasteiger partial charge in [0, 0.05) is 19.0 Å². The van der Waals surface area contributed by atoms with Crippen LogP contribution in [0.3, 0.4) is 0 Å². The summed E-state index contributed by atoms with van der Waals surface area (Å²) in [4.78, 5) is 14.0. The Labute approximate surface area is 161 Å². The van der Waals surface area contributed by atoms with Gasteiger partial charge in [-0.05, 0) is 45.7 Å². The van der Waals surface area contributed by atoms with Crippen molar-refractivity contribution in [2.75, 3.05) is 24.4 Å². The summed E-state index contributed by atoms with van der Waals surface area (Å²) in [6, 6.07) is 5.41. The van der Waals surface area contributed by atoms with E-state index in [-0.39, 0.29) is 17.8 Å². The molecule has 3 rings (SSSR count). The number of fused-ring (bicyclic) bond motifs is 1. The maximum Gasteiger partial charge on any atom is 0.410 e. The van der Waals surface area contributed by atoms with Crippen LogP contribution in [0.1, 0.15) is 39.2 Å². The van der Waals surface area contributed by atoms with E-state index in [1.165, 1.54) is 0 Å². The molecular weight excluding hydrogens is 368 g/mol. The topological polar surface area (TPSA) is 106 Å². The lowest BCUT2D eigenvalue weighted by molar-refractivity contribution is 0.0139. The van der Waals surface area contributed by atoms with E-state index in [2.05, 4.69) is 9.12 Å². The third-order valence-corrected chi connectivity index (χ3v) is 5.06. The number of ether oxygens (including phenoxy) is 2. The first kappa shape index (κ1) is 19.5. The van der Waals surface area contributed by atoms with E-state index >= 15 is 0 Å². The van der Waals surface area contributed by atoms with Gasteiger partial charge in [0.05, 0.1) is 17.9 Å². The number of rotatable bonds is 3. The van der Waals surface area contributed by atoms with Gasteiger partial charge in [-0.2, -0.15) is 4.40 Å². The first-order valence-electron chi connectivity index (χ1n) is 9.00. The maximum absolute atomic E-state index is 12.3. The number of nitrogens with zero attached hydrogens (tertiary/aromatic N) is 2. The highest BCUT2D eigenvalue weighted by Crippen LogP contribution is 2.30. The zero-order chi connectivity index (χ0) is 19.6. The van der Waals surface area contributed by atoms with Gasteiger partial charge in [0.15, 0.2) is 0 Å². The fourth-order valence-electron chi connectivity index (χ4n) is 3.15. The summed E-state index contributed by atoms with van der Waals surface area (Å²) < 4.78 is 29.7. The number of anilines is 1. The number of benzene rings is 1. The number of hydrogen-bond donors (Lipinski definition) is 2. The van der Waals surface area contributed by atoms with Crippen LogP contribution in [0.25, 0.3) is 0 Å². The van der Waals surface area contributed by atoms with Crippen molar-refractivity contribution in [2.45, 2.75) is 39.2 Å². The van der Waals surface area contributed by atoms with Gasteiger partial charge in [-0.25, -0.2) is 9.00 Å². The smallest absolute Gasteiger partial charge is 0.410 e. The summed E-state index contributed by atoms with van der Waals surface area (Å²) in [5, 5.41) is 0. The van der Waals surface area contributed by atoms with Crippen molar-refractivity contribution in [1.82, 2.24) is 4.90 Å². The molecule has 1 amide bonds. The number of likely N-dealkylation sites (tertiary alicyclic amines) is 1. The summed E-state index contributed by atoms with van der Waals surface area (Å²) in [7, 11) is 0. The second kappa shape index (κ2) is 7.75. The van der Waals surface area contributed by atoms with Crippen LogP contribution < -0.4 is 15.2 Å². The molecule has 0 spiro atoms. The van der Waals surface area contributed by atoms with Crippen molar-refractivity contribution in [3.63, 3.8) is 0 Å². The highest BCUT2D eigenvalue weighted by atomic mass is 32.2. The highest BCUT2D eigenvalue weighted by Gasteiger charge is 2.28. The van der Waals surface area contributed by atoms with E-state index in [1.54, 1.807) is 11.0 Å². The number of piperidine rings is 1. The van der Waals surface area contributed by atoms with E-state index in [1.807, 2.05) is 32.9 Å². The number of carbonyl (C=O) groups excluding carboxylic acids is 1. The number of nitrogens with two attached hydrogens (primary N) is 1. The molecular formula is C18H26N4O4S. The predicted octanol–water partition coefficient (Wildman–Crippen LogP) is 2.42. The zero-order valence-corrected chi connectivity index (χ0v) is 16.7. The molecule has 2 unspecified atom stereocenters. The molecule has 8 nitrogen and oxygen atoms in total. The van der Waals surface area contributed by atoms with Crippen molar-refractivity contribution in [3.8, 4) is 5.75 Å². The van der Waals surface area contributed by atoms with Gasteiger partial charge in [0.25, 0.3) is 0 Å². The lowest BCUT2D eigenvalue weighted by Crippen LogP contribution is -2.44. The molecule has 0 bridgehead atoms.